The fraction of sp³-hybridized carbons (Fsp3) is 0.250. The van der Waals surface area contributed by atoms with Crippen LogP contribution in [0.4, 0.5) is 23.0 Å². The number of nitrogens with zero attached hydrogens (tertiary/aromatic N) is 2. The smallest absolute Gasteiger partial charge is 0.263 e. The Balaban J connectivity index is 1.45. The molecule has 1 saturated heterocycles. The molecule has 0 spiro atoms. The van der Waals surface area contributed by atoms with Crippen LogP contribution in [-0.4, -0.2) is 51.1 Å². The number of fused-ring (bicyclic) bond motifs is 1. The number of sulfonamides is 1. The highest BCUT2D eigenvalue weighted by Gasteiger charge is 2.23. The monoisotopic (exact) mass is 562 g/mol. The van der Waals surface area contributed by atoms with Crippen molar-refractivity contribution in [3.05, 3.63) is 66.7 Å². The molecule has 0 aliphatic carbocycles. The van der Waals surface area contributed by atoms with Gasteiger partial charge in [-0.15, -0.1) is 0 Å². The number of amides is 1. The first-order chi connectivity index (χ1) is 19.3. The third-order valence-corrected chi connectivity index (χ3v) is 7.79. The van der Waals surface area contributed by atoms with E-state index in [4.69, 9.17) is 9.47 Å². The molecule has 0 bridgehead atoms. The molecule has 1 aliphatic rings. The average Bonchev–Trinajstić information content (AvgIpc) is 2.97. The molecule has 11 nitrogen and oxygen atoms in total. The molecule has 40 heavy (non-hydrogen) atoms. The van der Waals surface area contributed by atoms with Crippen molar-refractivity contribution in [1.82, 2.24) is 15.3 Å². The van der Waals surface area contributed by atoms with Crippen molar-refractivity contribution >= 4 is 50.0 Å². The number of rotatable bonds is 9. The standard InChI is InChI=1S/C28H30N6O5S/c1-38-20-14-19(15-21(17-20)39-2)30-26-27(33-24-11-4-3-10-23(24)32-26)34-40(36,37)22-9-7-8-18(16-22)31-28(35)25-12-5-6-13-29-25/h3-4,7-11,14-17,25,29H,5-6,12-13H2,1-2H3,(H,30,32)(H,31,35)(H,33,34). The lowest BCUT2D eigenvalue weighted by molar-refractivity contribution is -0.118. The Kier molecular flexibility index (Phi) is 7.99. The summed E-state index contributed by atoms with van der Waals surface area (Å²) in [7, 11) is -1.04. The van der Waals surface area contributed by atoms with Gasteiger partial charge >= 0.3 is 0 Å². The summed E-state index contributed by atoms with van der Waals surface area (Å²) in [5.74, 6) is 1.08. The number of piperidine rings is 1. The third-order valence-electron chi connectivity index (χ3n) is 6.45. The molecule has 2 heterocycles. The minimum atomic E-state index is -4.11. The van der Waals surface area contributed by atoms with Gasteiger partial charge in [0.2, 0.25) is 5.91 Å². The fourth-order valence-corrected chi connectivity index (χ4v) is 5.46. The molecular weight excluding hydrogens is 532 g/mol. The summed E-state index contributed by atoms with van der Waals surface area (Å²) in [5.41, 5.74) is 2.02. The van der Waals surface area contributed by atoms with Crippen LogP contribution >= 0.6 is 0 Å². The number of hydrogen-bond acceptors (Lipinski definition) is 9. The van der Waals surface area contributed by atoms with Crippen LogP contribution in [0, 0.1) is 0 Å². The summed E-state index contributed by atoms with van der Waals surface area (Å²) in [6, 6.07) is 18.1. The molecule has 208 valence electrons. The lowest BCUT2D eigenvalue weighted by atomic mass is 10.0. The van der Waals surface area contributed by atoms with Gasteiger partial charge in [-0.25, -0.2) is 18.4 Å². The lowest BCUT2D eigenvalue weighted by Crippen LogP contribution is -2.43. The van der Waals surface area contributed by atoms with E-state index in [0.717, 1.165) is 25.8 Å². The summed E-state index contributed by atoms with van der Waals surface area (Å²) in [4.78, 5) is 21.8. The SMILES string of the molecule is COc1cc(Nc2nc3ccccc3nc2NS(=O)(=O)c2cccc(NC(=O)C3CCCCN3)c2)cc(OC)c1. The molecule has 4 N–H and O–H groups in total. The van der Waals surface area contributed by atoms with E-state index in [1.165, 1.54) is 26.4 Å². The first-order valence-electron chi connectivity index (χ1n) is 12.8. The molecule has 1 aliphatic heterocycles. The van der Waals surface area contributed by atoms with Crippen LogP contribution < -0.4 is 30.1 Å². The number of aromatic nitrogens is 2. The van der Waals surface area contributed by atoms with Crippen molar-refractivity contribution in [2.45, 2.75) is 30.2 Å². The number of anilines is 4. The highest BCUT2D eigenvalue weighted by Crippen LogP contribution is 2.31. The zero-order valence-corrected chi connectivity index (χ0v) is 22.9. The van der Waals surface area contributed by atoms with Crippen LogP contribution in [0.15, 0.2) is 71.6 Å². The number of nitrogens with one attached hydrogen (secondary N) is 4. The minimum Gasteiger partial charge on any atom is -0.497 e. The van der Waals surface area contributed by atoms with Gasteiger partial charge in [-0.2, -0.15) is 0 Å². The predicted octanol–water partition coefficient (Wildman–Crippen LogP) is 4.27. The highest BCUT2D eigenvalue weighted by atomic mass is 32.2. The summed E-state index contributed by atoms with van der Waals surface area (Å²) >= 11 is 0. The Morgan fingerprint density at radius 1 is 0.875 bits per heavy atom. The third kappa shape index (κ3) is 6.24. The second kappa shape index (κ2) is 11.8. The van der Waals surface area contributed by atoms with Gasteiger partial charge in [-0.3, -0.25) is 9.52 Å². The molecule has 12 heteroatoms. The zero-order valence-electron chi connectivity index (χ0n) is 22.1. The Morgan fingerprint density at radius 2 is 1.57 bits per heavy atom. The molecule has 5 rings (SSSR count). The molecule has 1 fully saturated rings. The number of para-hydroxylation sites is 2. The maximum absolute atomic E-state index is 13.5. The molecule has 1 unspecified atom stereocenters. The Labute approximate surface area is 232 Å². The van der Waals surface area contributed by atoms with E-state index >= 15 is 0 Å². The second-order valence-electron chi connectivity index (χ2n) is 9.26. The van der Waals surface area contributed by atoms with Crippen LogP contribution in [0.2, 0.25) is 0 Å². The number of carbonyl (C=O) groups excluding carboxylic acids is 1. The van der Waals surface area contributed by atoms with Crippen LogP contribution in [0.5, 0.6) is 11.5 Å². The summed E-state index contributed by atoms with van der Waals surface area (Å²) in [5, 5.41) is 9.15. The van der Waals surface area contributed by atoms with Gasteiger partial charge in [0.25, 0.3) is 10.0 Å². The zero-order chi connectivity index (χ0) is 28.1. The van der Waals surface area contributed by atoms with E-state index in [1.54, 1.807) is 48.5 Å². The Morgan fingerprint density at radius 3 is 2.23 bits per heavy atom. The van der Waals surface area contributed by atoms with Gasteiger partial charge in [-0.1, -0.05) is 24.6 Å². The fourth-order valence-electron chi connectivity index (χ4n) is 4.41. The van der Waals surface area contributed by atoms with E-state index in [9.17, 15) is 13.2 Å². The first-order valence-corrected chi connectivity index (χ1v) is 14.3. The highest BCUT2D eigenvalue weighted by molar-refractivity contribution is 7.92. The average molecular weight is 563 g/mol. The molecule has 1 atom stereocenters. The molecule has 1 aromatic heterocycles. The van der Waals surface area contributed by atoms with Gasteiger partial charge in [0.05, 0.1) is 36.2 Å². The molecule has 4 aromatic rings. The lowest BCUT2D eigenvalue weighted by Gasteiger charge is -2.22. The van der Waals surface area contributed by atoms with Crippen molar-refractivity contribution in [3.8, 4) is 11.5 Å². The molecule has 1 amide bonds. The van der Waals surface area contributed by atoms with Crippen molar-refractivity contribution in [1.29, 1.82) is 0 Å². The second-order valence-corrected chi connectivity index (χ2v) is 10.9. The predicted molar refractivity (Wildman–Crippen MR) is 154 cm³/mol. The van der Waals surface area contributed by atoms with E-state index < -0.39 is 10.0 Å². The maximum atomic E-state index is 13.5. The van der Waals surface area contributed by atoms with Gasteiger partial charge < -0.3 is 25.4 Å². The normalized spacial score (nSPS) is 15.3. The van der Waals surface area contributed by atoms with Crippen LogP contribution in [-0.2, 0) is 14.8 Å². The number of ether oxygens (including phenoxy) is 2. The van der Waals surface area contributed by atoms with Gasteiger partial charge in [0, 0.05) is 29.6 Å². The molecular formula is C28H30N6O5S. The van der Waals surface area contributed by atoms with Crippen molar-refractivity contribution in [2.75, 3.05) is 36.1 Å². The van der Waals surface area contributed by atoms with Crippen LogP contribution in [0.3, 0.4) is 0 Å². The van der Waals surface area contributed by atoms with Crippen molar-refractivity contribution < 1.29 is 22.7 Å². The van der Waals surface area contributed by atoms with Gasteiger partial charge in [-0.05, 0) is 49.7 Å². The number of methoxy groups -OCH3 is 2. The summed E-state index contributed by atoms with van der Waals surface area (Å²) in [6.45, 7) is 0.780. The van der Waals surface area contributed by atoms with E-state index in [1.807, 2.05) is 6.07 Å². The van der Waals surface area contributed by atoms with Crippen molar-refractivity contribution in [3.63, 3.8) is 0 Å². The summed E-state index contributed by atoms with van der Waals surface area (Å²) in [6.07, 6.45) is 2.74. The summed E-state index contributed by atoms with van der Waals surface area (Å²) < 4.78 is 40.3. The van der Waals surface area contributed by atoms with E-state index in [2.05, 4.69) is 30.6 Å². The van der Waals surface area contributed by atoms with Crippen LogP contribution in [0.25, 0.3) is 11.0 Å². The number of benzene rings is 3. The maximum Gasteiger partial charge on any atom is 0.263 e. The van der Waals surface area contributed by atoms with E-state index in [0.29, 0.717) is 33.9 Å². The Hall–Kier alpha value is -4.42. The number of hydrogen-bond donors (Lipinski definition) is 4. The quantitative estimate of drug-likeness (QED) is 0.235. The molecule has 0 radical (unpaired) electrons. The Bertz CT molecular complexity index is 1620. The van der Waals surface area contributed by atoms with Gasteiger partial charge in [0.15, 0.2) is 11.6 Å². The van der Waals surface area contributed by atoms with Crippen molar-refractivity contribution in [2.24, 2.45) is 0 Å². The topological polar surface area (TPSA) is 144 Å². The molecule has 0 saturated carbocycles. The van der Waals surface area contributed by atoms with Crippen LogP contribution in [0.1, 0.15) is 19.3 Å². The number of carbonyl (C=O) groups is 1. The largest absolute Gasteiger partial charge is 0.497 e. The van der Waals surface area contributed by atoms with E-state index in [-0.39, 0.29) is 28.5 Å². The molecule has 3 aromatic carbocycles. The first kappa shape index (κ1) is 27.2. The van der Waals surface area contributed by atoms with Gasteiger partial charge in [0.1, 0.15) is 11.5 Å². The minimum absolute atomic E-state index is 0.00123.